The topological polar surface area (TPSA) is 105 Å². The molecule has 0 fully saturated rings. The molecule has 0 heterocycles. The fourth-order valence-corrected chi connectivity index (χ4v) is 1.27. The third-order valence-corrected chi connectivity index (χ3v) is 2.10. The van der Waals surface area contributed by atoms with Crippen LogP contribution >= 0.6 is 0 Å². The maximum atomic E-state index is 11.4. The lowest BCUT2D eigenvalue weighted by Gasteiger charge is -2.07. The molecule has 0 aliphatic carbocycles. The van der Waals surface area contributed by atoms with Crippen LogP contribution in [0.25, 0.3) is 0 Å². The van der Waals surface area contributed by atoms with E-state index < -0.39 is 18.0 Å². The Labute approximate surface area is 103 Å². The van der Waals surface area contributed by atoms with Gasteiger partial charge in [0.2, 0.25) is 0 Å². The summed E-state index contributed by atoms with van der Waals surface area (Å²) in [4.78, 5) is 33.4. The molecule has 0 saturated carbocycles. The van der Waals surface area contributed by atoms with E-state index in [1.807, 2.05) is 0 Å². The first-order valence-corrected chi connectivity index (χ1v) is 4.93. The molecule has 0 unspecified atom stereocenters. The summed E-state index contributed by atoms with van der Waals surface area (Å²) in [7, 11) is 2.60. The minimum atomic E-state index is -1.20. The quantitative estimate of drug-likeness (QED) is 0.742. The van der Waals surface area contributed by atoms with Crippen molar-refractivity contribution in [2.75, 3.05) is 19.5 Å². The Morgan fingerprint density at radius 3 is 2.28 bits per heavy atom. The Kier molecular flexibility index (Phi) is 4.25. The van der Waals surface area contributed by atoms with E-state index in [4.69, 9.17) is 5.11 Å². The van der Waals surface area contributed by atoms with Crippen LogP contribution in [0.1, 0.15) is 20.7 Å². The fourth-order valence-electron chi connectivity index (χ4n) is 1.27. The molecule has 0 bridgehead atoms. The molecule has 0 aliphatic rings. The van der Waals surface area contributed by atoms with Gasteiger partial charge in [-0.15, -0.1) is 0 Å². The predicted molar refractivity (Wildman–Crippen MR) is 62.8 cm³/mol. The lowest BCUT2D eigenvalue weighted by Crippen LogP contribution is -2.19. The molecule has 0 aromatic heterocycles. The van der Waals surface area contributed by atoms with Crippen LogP contribution in [0.15, 0.2) is 18.2 Å². The highest BCUT2D eigenvalue weighted by atomic mass is 16.5. The van der Waals surface area contributed by atoms with Gasteiger partial charge < -0.3 is 15.2 Å². The van der Waals surface area contributed by atoms with E-state index in [0.29, 0.717) is 0 Å². The van der Waals surface area contributed by atoms with E-state index in [1.165, 1.54) is 32.4 Å². The van der Waals surface area contributed by atoms with Crippen molar-refractivity contribution in [2.24, 2.45) is 0 Å². The van der Waals surface area contributed by atoms with E-state index in [2.05, 4.69) is 15.4 Å². The number of carbonyl (C=O) groups is 3. The van der Waals surface area contributed by atoms with Gasteiger partial charge in [0.15, 0.2) is 0 Å². The van der Waals surface area contributed by atoms with E-state index in [0.717, 1.165) is 0 Å². The zero-order valence-electron chi connectivity index (χ0n) is 9.81. The van der Waals surface area contributed by atoms with Gasteiger partial charge in [0, 0.05) is 18.3 Å². The summed E-state index contributed by atoms with van der Waals surface area (Å²) in [6.45, 7) is 0. The number of benzene rings is 1. The van der Waals surface area contributed by atoms with Crippen LogP contribution in [-0.4, -0.2) is 37.2 Å². The number of rotatable bonds is 3. The monoisotopic (exact) mass is 252 g/mol. The molecule has 0 aliphatic heterocycles. The number of methoxy groups -OCH3 is 1. The van der Waals surface area contributed by atoms with Crippen molar-refractivity contribution in [1.29, 1.82) is 0 Å². The maximum absolute atomic E-state index is 11.4. The molecule has 1 aromatic rings. The normalized spacial score (nSPS) is 9.44. The minimum Gasteiger partial charge on any atom is -0.478 e. The summed E-state index contributed by atoms with van der Waals surface area (Å²) in [5.74, 6) is -1.65. The van der Waals surface area contributed by atoms with Gasteiger partial charge in [-0.05, 0) is 18.2 Å². The van der Waals surface area contributed by atoms with Crippen LogP contribution < -0.4 is 10.6 Å². The molecule has 1 aromatic carbocycles. The summed E-state index contributed by atoms with van der Waals surface area (Å²) < 4.78 is 4.38. The van der Waals surface area contributed by atoms with Gasteiger partial charge in [-0.1, -0.05) is 0 Å². The smallest absolute Gasteiger partial charge is 0.411 e. The van der Waals surface area contributed by atoms with Crippen molar-refractivity contribution in [2.45, 2.75) is 0 Å². The number of ether oxygens (including phenoxy) is 1. The van der Waals surface area contributed by atoms with E-state index in [1.54, 1.807) is 0 Å². The van der Waals surface area contributed by atoms with Crippen molar-refractivity contribution in [1.82, 2.24) is 5.32 Å². The largest absolute Gasteiger partial charge is 0.478 e. The van der Waals surface area contributed by atoms with Crippen molar-refractivity contribution < 1.29 is 24.2 Å². The Balaban J connectivity index is 3.17. The number of carboxylic acid groups (broad SMARTS) is 1. The van der Waals surface area contributed by atoms with Gasteiger partial charge in [0.1, 0.15) is 0 Å². The first kappa shape index (κ1) is 13.5. The molecule has 3 N–H and O–H groups in total. The Hall–Kier alpha value is -2.57. The molecular weight excluding hydrogens is 240 g/mol. The molecule has 0 atom stereocenters. The second kappa shape index (κ2) is 5.67. The maximum Gasteiger partial charge on any atom is 0.411 e. The molecule has 2 amide bonds. The molecular formula is C11H12N2O5. The number of aromatic carboxylic acids is 1. The summed E-state index contributed by atoms with van der Waals surface area (Å²) in [5.41, 5.74) is 0.187. The summed E-state index contributed by atoms with van der Waals surface area (Å²) in [6, 6.07) is 3.79. The SMILES string of the molecule is CNC(=O)c1cc(NC(=O)OC)cc(C(=O)O)c1. The van der Waals surface area contributed by atoms with Gasteiger partial charge in [0.05, 0.1) is 12.7 Å². The molecule has 96 valence electrons. The number of carbonyl (C=O) groups excluding carboxylic acids is 2. The van der Waals surface area contributed by atoms with Gasteiger partial charge in [-0.2, -0.15) is 0 Å². The summed E-state index contributed by atoms with van der Waals surface area (Å²) in [6.07, 6.45) is -0.750. The number of hydrogen-bond donors (Lipinski definition) is 3. The van der Waals surface area contributed by atoms with Gasteiger partial charge in [0.25, 0.3) is 5.91 Å². The molecule has 1 rings (SSSR count). The minimum absolute atomic E-state index is 0.109. The highest BCUT2D eigenvalue weighted by molar-refractivity contribution is 6.00. The van der Waals surface area contributed by atoms with Gasteiger partial charge in [-0.25, -0.2) is 9.59 Å². The lowest BCUT2D eigenvalue weighted by atomic mass is 10.1. The second-order valence-electron chi connectivity index (χ2n) is 3.30. The number of carboxylic acids is 1. The third kappa shape index (κ3) is 3.21. The highest BCUT2D eigenvalue weighted by Gasteiger charge is 2.12. The first-order valence-electron chi connectivity index (χ1n) is 4.93. The molecule has 0 spiro atoms. The van der Waals surface area contributed by atoms with Gasteiger partial charge in [-0.3, -0.25) is 10.1 Å². The molecule has 7 heteroatoms. The van der Waals surface area contributed by atoms with Crippen molar-refractivity contribution in [3.63, 3.8) is 0 Å². The predicted octanol–water partition coefficient (Wildman–Crippen LogP) is 0.923. The third-order valence-electron chi connectivity index (χ3n) is 2.10. The lowest BCUT2D eigenvalue weighted by molar-refractivity contribution is 0.0697. The van der Waals surface area contributed by atoms with E-state index >= 15 is 0 Å². The highest BCUT2D eigenvalue weighted by Crippen LogP contribution is 2.15. The van der Waals surface area contributed by atoms with Gasteiger partial charge >= 0.3 is 12.1 Å². The second-order valence-corrected chi connectivity index (χ2v) is 3.30. The van der Waals surface area contributed by atoms with Crippen LogP contribution in [0.4, 0.5) is 10.5 Å². The Morgan fingerprint density at radius 2 is 1.78 bits per heavy atom. The average molecular weight is 252 g/mol. The van der Waals surface area contributed by atoms with Crippen LogP contribution in [0.3, 0.4) is 0 Å². The first-order chi connectivity index (χ1) is 8.47. The number of anilines is 1. The Morgan fingerprint density at radius 1 is 1.17 bits per heavy atom. The van der Waals surface area contributed by atoms with Crippen LogP contribution in [-0.2, 0) is 4.74 Å². The van der Waals surface area contributed by atoms with Crippen LogP contribution in [0.5, 0.6) is 0 Å². The molecule has 0 saturated heterocycles. The van der Waals surface area contributed by atoms with E-state index in [9.17, 15) is 14.4 Å². The molecule has 7 nitrogen and oxygen atoms in total. The standard InChI is InChI=1S/C11H12N2O5/c1-12-9(14)6-3-7(10(15)16)5-8(4-6)13-11(17)18-2/h3-5H,1-2H3,(H,12,14)(H,13,17)(H,15,16). The molecule has 18 heavy (non-hydrogen) atoms. The zero-order chi connectivity index (χ0) is 13.7. The Bertz CT molecular complexity index is 498. The number of amides is 2. The van der Waals surface area contributed by atoms with Crippen molar-refractivity contribution in [3.05, 3.63) is 29.3 Å². The fraction of sp³-hybridized carbons (Fsp3) is 0.182. The van der Waals surface area contributed by atoms with Crippen LogP contribution in [0.2, 0.25) is 0 Å². The summed E-state index contributed by atoms with van der Waals surface area (Å²) in [5, 5.41) is 13.6. The molecule has 0 radical (unpaired) electrons. The summed E-state index contributed by atoms with van der Waals surface area (Å²) >= 11 is 0. The van der Waals surface area contributed by atoms with E-state index in [-0.39, 0.29) is 16.8 Å². The average Bonchev–Trinajstić information content (AvgIpc) is 2.37. The number of hydrogen-bond acceptors (Lipinski definition) is 4. The van der Waals surface area contributed by atoms with Crippen molar-refractivity contribution in [3.8, 4) is 0 Å². The van der Waals surface area contributed by atoms with Crippen LogP contribution in [0, 0.1) is 0 Å². The van der Waals surface area contributed by atoms with Crippen molar-refractivity contribution >= 4 is 23.7 Å². The zero-order valence-corrected chi connectivity index (χ0v) is 9.81. The number of nitrogens with one attached hydrogen (secondary N) is 2.